The summed E-state index contributed by atoms with van der Waals surface area (Å²) in [6, 6.07) is 9.31. The first-order chi connectivity index (χ1) is 10.0. The van der Waals surface area contributed by atoms with Gasteiger partial charge in [0.1, 0.15) is 12.4 Å². The van der Waals surface area contributed by atoms with Crippen molar-refractivity contribution in [3.63, 3.8) is 0 Å². The van der Waals surface area contributed by atoms with Crippen molar-refractivity contribution < 1.29 is 23.8 Å². The maximum absolute atomic E-state index is 13.8. The van der Waals surface area contributed by atoms with Crippen LogP contribution in [-0.2, 0) is 6.61 Å². The number of rotatable bonds is 5. The number of hydrogen-bond acceptors (Lipinski definition) is 3. The van der Waals surface area contributed by atoms with Crippen molar-refractivity contribution in [1.29, 1.82) is 0 Å². The van der Waals surface area contributed by atoms with E-state index in [0.717, 1.165) is 0 Å². The molecule has 0 aliphatic carbocycles. The maximum atomic E-state index is 13.8. The van der Waals surface area contributed by atoms with E-state index in [1.807, 2.05) is 0 Å². The Balaban J connectivity index is 2.24. The molecule has 0 aliphatic heterocycles. The molecule has 4 nitrogen and oxygen atoms in total. The number of carboxylic acids is 1. The third kappa shape index (κ3) is 3.31. The highest BCUT2D eigenvalue weighted by Crippen LogP contribution is 2.24. The minimum absolute atomic E-state index is 0.0185. The summed E-state index contributed by atoms with van der Waals surface area (Å²) >= 11 is 0. The molecule has 0 saturated heterocycles. The van der Waals surface area contributed by atoms with Crippen LogP contribution in [0, 0.1) is 12.7 Å². The Labute approximate surface area is 121 Å². The first kappa shape index (κ1) is 14.8. The zero-order chi connectivity index (χ0) is 15.4. The molecule has 2 rings (SSSR count). The van der Waals surface area contributed by atoms with Crippen LogP contribution in [0.5, 0.6) is 11.5 Å². The average Bonchev–Trinajstić information content (AvgIpc) is 2.48. The zero-order valence-corrected chi connectivity index (χ0v) is 11.7. The predicted molar refractivity (Wildman–Crippen MR) is 75.4 cm³/mol. The van der Waals surface area contributed by atoms with E-state index in [9.17, 15) is 9.18 Å². The van der Waals surface area contributed by atoms with E-state index in [2.05, 4.69) is 0 Å². The molecule has 0 atom stereocenters. The van der Waals surface area contributed by atoms with Gasteiger partial charge in [-0.2, -0.15) is 0 Å². The van der Waals surface area contributed by atoms with E-state index in [1.54, 1.807) is 25.1 Å². The third-order valence-electron chi connectivity index (χ3n) is 3.07. The molecule has 0 amide bonds. The Morgan fingerprint density at radius 3 is 2.67 bits per heavy atom. The van der Waals surface area contributed by atoms with E-state index >= 15 is 0 Å². The second kappa shape index (κ2) is 6.26. The number of ether oxygens (including phenoxy) is 2. The molecule has 0 fully saturated rings. The van der Waals surface area contributed by atoms with Crippen LogP contribution in [0.4, 0.5) is 4.39 Å². The largest absolute Gasteiger partial charge is 0.496 e. The van der Waals surface area contributed by atoms with Gasteiger partial charge in [0.05, 0.1) is 12.7 Å². The number of halogens is 1. The van der Waals surface area contributed by atoms with Gasteiger partial charge in [0.15, 0.2) is 11.6 Å². The molecule has 0 spiro atoms. The van der Waals surface area contributed by atoms with Crippen LogP contribution < -0.4 is 9.47 Å². The minimum Gasteiger partial charge on any atom is -0.496 e. The summed E-state index contributed by atoms with van der Waals surface area (Å²) in [5.41, 5.74) is 1.15. The van der Waals surface area contributed by atoms with Gasteiger partial charge >= 0.3 is 5.97 Å². The molecule has 2 aromatic rings. The maximum Gasteiger partial charge on any atom is 0.335 e. The van der Waals surface area contributed by atoms with Crippen LogP contribution in [0.3, 0.4) is 0 Å². The molecular formula is C16H15FO4. The van der Waals surface area contributed by atoms with Crippen LogP contribution >= 0.6 is 0 Å². The number of hydrogen-bond donors (Lipinski definition) is 1. The van der Waals surface area contributed by atoms with Gasteiger partial charge in [0.2, 0.25) is 0 Å². The zero-order valence-electron chi connectivity index (χ0n) is 11.7. The van der Waals surface area contributed by atoms with Gasteiger partial charge in [0.25, 0.3) is 0 Å². The number of benzene rings is 2. The first-order valence-corrected chi connectivity index (χ1v) is 6.31. The van der Waals surface area contributed by atoms with Crippen LogP contribution in [-0.4, -0.2) is 18.2 Å². The molecule has 5 heteroatoms. The highest BCUT2D eigenvalue weighted by atomic mass is 19.1. The molecule has 0 aliphatic rings. The number of carbonyl (C=O) groups is 1. The second-order valence-electron chi connectivity index (χ2n) is 4.51. The van der Waals surface area contributed by atoms with Gasteiger partial charge in [-0.15, -0.1) is 0 Å². The quantitative estimate of drug-likeness (QED) is 0.916. The fourth-order valence-electron chi connectivity index (χ4n) is 1.91. The lowest BCUT2D eigenvalue weighted by atomic mass is 10.1. The summed E-state index contributed by atoms with van der Waals surface area (Å²) in [7, 11) is 1.48. The van der Waals surface area contributed by atoms with E-state index in [0.29, 0.717) is 16.9 Å². The SMILES string of the molecule is COc1ccc(C(=O)O)cc1COc1cccc(C)c1F. The van der Waals surface area contributed by atoms with Crippen molar-refractivity contribution in [1.82, 2.24) is 0 Å². The molecule has 0 saturated carbocycles. The molecule has 0 unspecified atom stereocenters. The summed E-state index contributed by atoms with van der Waals surface area (Å²) in [6.45, 7) is 1.67. The van der Waals surface area contributed by atoms with Gasteiger partial charge in [-0.25, -0.2) is 9.18 Å². The highest BCUT2D eigenvalue weighted by Gasteiger charge is 2.11. The van der Waals surface area contributed by atoms with Gasteiger partial charge in [0, 0.05) is 5.56 Å². The highest BCUT2D eigenvalue weighted by molar-refractivity contribution is 5.88. The topological polar surface area (TPSA) is 55.8 Å². The van der Waals surface area contributed by atoms with E-state index in [1.165, 1.54) is 25.3 Å². The monoisotopic (exact) mass is 290 g/mol. The molecule has 110 valence electrons. The number of methoxy groups -OCH3 is 1. The molecular weight excluding hydrogens is 275 g/mol. The second-order valence-corrected chi connectivity index (χ2v) is 4.51. The average molecular weight is 290 g/mol. The summed E-state index contributed by atoms with van der Waals surface area (Å²) in [5, 5.41) is 9.00. The van der Waals surface area contributed by atoms with Crippen molar-refractivity contribution >= 4 is 5.97 Å². The lowest BCUT2D eigenvalue weighted by Gasteiger charge is -2.12. The summed E-state index contributed by atoms with van der Waals surface area (Å²) < 4.78 is 24.4. The molecule has 0 aromatic heterocycles. The fourth-order valence-corrected chi connectivity index (χ4v) is 1.91. The molecule has 0 bridgehead atoms. The normalized spacial score (nSPS) is 10.2. The Kier molecular flexibility index (Phi) is 4.42. The van der Waals surface area contributed by atoms with Crippen molar-refractivity contribution in [2.45, 2.75) is 13.5 Å². The van der Waals surface area contributed by atoms with Gasteiger partial charge in [-0.05, 0) is 36.8 Å². The van der Waals surface area contributed by atoms with Crippen molar-refractivity contribution in [3.8, 4) is 11.5 Å². The Hall–Kier alpha value is -2.56. The Morgan fingerprint density at radius 1 is 1.24 bits per heavy atom. The standard InChI is InChI=1S/C16H15FO4/c1-10-4-3-5-14(15(10)17)21-9-12-8-11(16(18)19)6-7-13(12)20-2/h3-8H,9H2,1-2H3,(H,18,19). The van der Waals surface area contributed by atoms with Crippen molar-refractivity contribution in [2.75, 3.05) is 7.11 Å². The first-order valence-electron chi connectivity index (χ1n) is 6.31. The Bertz CT molecular complexity index is 667. The van der Waals surface area contributed by atoms with E-state index < -0.39 is 11.8 Å². The number of aromatic carboxylic acids is 1. The number of carboxylic acid groups (broad SMARTS) is 1. The van der Waals surface area contributed by atoms with Crippen molar-refractivity contribution in [3.05, 3.63) is 58.9 Å². The molecule has 21 heavy (non-hydrogen) atoms. The fraction of sp³-hybridized carbons (Fsp3) is 0.188. The smallest absolute Gasteiger partial charge is 0.335 e. The lowest BCUT2D eigenvalue weighted by Crippen LogP contribution is -2.04. The van der Waals surface area contributed by atoms with Gasteiger partial charge in [-0.1, -0.05) is 12.1 Å². The summed E-state index contributed by atoms with van der Waals surface area (Å²) in [5.74, 6) is -0.850. The predicted octanol–water partition coefficient (Wildman–Crippen LogP) is 3.42. The summed E-state index contributed by atoms with van der Waals surface area (Å²) in [4.78, 5) is 11.0. The van der Waals surface area contributed by atoms with Gasteiger partial charge in [-0.3, -0.25) is 0 Å². The van der Waals surface area contributed by atoms with Crippen LogP contribution in [0.15, 0.2) is 36.4 Å². The lowest BCUT2D eigenvalue weighted by molar-refractivity contribution is 0.0696. The Morgan fingerprint density at radius 2 is 2.00 bits per heavy atom. The van der Waals surface area contributed by atoms with Gasteiger partial charge < -0.3 is 14.6 Å². The molecule has 0 heterocycles. The van der Waals surface area contributed by atoms with Crippen molar-refractivity contribution in [2.24, 2.45) is 0 Å². The van der Waals surface area contributed by atoms with Crippen LogP contribution in [0.1, 0.15) is 21.5 Å². The third-order valence-corrected chi connectivity index (χ3v) is 3.07. The van der Waals surface area contributed by atoms with E-state index in [-0.39, 0.29) is 17.9 Å². The molecule has 1 N–H and O–H groups in total. The minimum atomic E-state index is -1.04. The summed E-state index contributed by atoms with van der Waals surface area (Å²) in [6.07, 6.45) is 0. The van der Waals surface area contributed by atoms with E-state index in [4.69, 9.17) is 14.6 Å². The molecule has 2 aromatic carbocycles. The number of aryl methyl sites for hydroxylation is 1. The van der Waals surface area contributed by atoms with Crippen LogP contribution in [0.25, 0.3) is 0 Å². The van der Waals surface area contributed by atoms with Crippen LogP contribution in [0.2, 0.25) is 0 Å². The molecule has 0 radical (unpaired) electrons.